The summed E-state index contributed by atoms with van der Waals surface area (Å²) in [4.78, 5) is 15.4. The first-order valence-electron chi connectivity index (χ1n) is 4.13. The number of aromatic nitrogens is 1. The predicted molar refractivity (Wildman–Crippen MR) is 51.6 cm³/mol. The number of thiazole rings is 1. The zero-order chi connectivity index (χ0) is 9.47. The number of nitrogen functional groups attached to an aromatic ring is 1. The third kappa shape index (κ3) is 1.80. The molecule has 5 heteroatoms. The highest BCUT2D eigenvalue weighted by atomic mass is 32.1. The molecule has 0 aromatic carbocycles. The molecule has 0 atom stereocenters. The summed E-state index contributed by atoms with van der Waals surface area (Å²) in [7, 11) is 0. The highest BCUT2D eigenvalue weighted by Gasteiger charge is 2.39. The molecule has 1 saturated carbocycles. The molecule has 0 spiro atoms. The van der Waals surface area contributed by atoms with Gasteiger partial charge in [-0.1, -0.05) is 0 Å². The van der Waals surface area contributed by atoms with Crippen molar-refractivity contribution in [3.8, 4) is 0 Å². The number of amides is 1. The minimum Gasteiger partial charge on any atom is -0.375 e. The van der Waals surface area contributed by atoms with E-state index in [1.54, 1.807) is 5.38 Å². The molecular formula is C8H11N3OS. The second-order valence-corrected chi connectivity index (χ2v) is 4.48. The molecule has 70 valence electrons. The van der Waals surface area contributed by atoms with Crippen molar-refractivity contribution in [2.75, 3.05) is 5.73 Å². The minimum absolute atomic E-state index is 0.00939. The Morgan fingerprint density at radius 1 is 1.77 bits per heavy atom. The minimum atomic E-state index is -0.118. The highest BCUT2D eigenvalue weighted by molar-refractivity contribution is 7.13. The van der Waals surface area contributed by atoms with Crippen molar-refractivity contribution in [1.29, 1.82) is 0 Å². The van der Waals surface area contributed by atoms with Gasteiger partial charge >= 0.3 is 0 Å². The number of hydrogen-bond acceptors (Lipinski definition) is 4. The normalized spacial score (nSPS) is 18.2. The number of hydrogen-bond donors (Lipinski definition) is 2. The van der Waals surface area contributed by atoms with Gasteiger partial charge in [-0.3, -0.25) is 4.79 Å². The molecule has 4 nitrogen and oxygen atoms in total. The number of nitrogens with one attached hydrogen (secondary N) is 1. The fourth-order valence-electron chi connectivity index (χ4n) is 1.04. The largest absolute Gasteiger partial charge is 0.375 e. The molecule has 1 aliphatic rings. The van der Waals surface area contributed by atoms with E-state index < -0.39 is 0 Å². The van der Waals surface area contributed by atoms with Gasteiger partial charge in [0.05, 0.1) is 0 Å². The average molecular weight is 197 g/mol. The Morgan fingerprint density at radius 3 is 2.92 bits per heavy atom. The maximum absolute atomic E-state index is 11.5. The number of carbonyl (C=O) groups excluding carboxylic acids is 1. The summed E-state index contributed by atoms with van der Waals surface area (Å²) in [5, 5.41) is 5.02. The van der Waals surface area contributed by atoms with Gasteiger partial charge < -0.3 is 11.1 Å². The summed E-state index contributed by atoms with van der Waals surface area (Å²) >= 11 is 1.28. The molecule has 13 heavy (non-hydrogen) atoms. The molecule has 2 rings (SSSR count). The maximum Gasteiger partial charge on any atom is 0.271 e. The van der Waals surface area contributed by atoms with Crippen LogP contribution in [-0.4, -0.2) is 16.4 Å². The van der Waals surface area contributed by atoms with Gasteiger partial charge in [-0.15, -0.1) is 11.3 Å². The first-order valence-corrected chi connectivity index (χ1v) is 5.01. The second-order valence-electron chi connectivity index (χ2n) is 3.59. The number of anilines is 1. The van der Waals surface area contributed by atoms with Crippen LogP contribution in [0.25, 0.3) is 0 Å². The zero-order valence-corrected chi connectivity index (χ0v) is 8.15. The summed E-state index contributed by atoms with van der Waals surface area (Å²) < 4.78 is 0. The van der Waals surface area contributed by atoms with Crippen molar-refractivity contribution >= 4 is 22.4 Å². The molecule has 1 amide bonds. The summed E-state index contributed by atoms with van der Waals surface area (Å²) in [5.41, 5.74) is 5.86. The predicted octanol–water partition coefficient (Wildman–Crippen LogP) is 1.01. The van der Waals surface area contributed by atoms with Crippen molar-refractivity contribution in [1.82, 2.24) is 10.3 Å². The van der Waals surface area contributed by atoms with Crippen LogP contribution >= 0.6 is 11.3 Å². The van der Waals surface area contributed by atoms with Gasteiger partial charge in [-0.05, 0) is 19.8 Å². The smallest absolute Gasteiger partial charge is 0.271 e. The van der Waals surface area contributed by atoms with E-state index in [-0.39, 0.29) is 11.4 Å². The van der Waals surface area contributed by atoms with Crippen LogP contribution in [0, 0.1) is 0 Å². The number of nitrogens with two attached hydrogens (primary N) is 1. The first kappa shape index (κ1) is 8.50. The number of nitrogens with zero attached hydrogens (tertiary/aromatic N) is 1. The van der Waals surface area contributed by atoms with Crippen molar-refractivity contribution in [2.24, 2.45) is 0 Å². The Balaban J connectivity index is 2.05. The average Bonchev–Trinajstić information content (AvgIpc) is 2.62. The number of carbonyl (C=O) groups is 1. The van der Waals surface area contributed by atoms with Crippen molar-refractivity contribution in [2.45, 2.75) is 25.3 Å². The third-order valence-corrected chi connectivity index (χ3v) is 2.84. The molecule has 1 heterocycles. The van der Waals surface area contributed by atoms with Gasteiger partial charge in [0.1, 0.15) is 5.69 Å². The molecule has 1 fully saturated rings. The quantitative estimate of drug-likeness (QED) is 0.743. The molecule has 1 aromatic heterocycles. The van der Waals surface area contributed by atoms with Crippen molar-refractivity contribution in [3.05, 3.63) is 11.1 Å². The topological polar surface area (TPSA) is 68.0 Å². The zero-order valence-electron chi connectivity index (χ0n) is 7.33. The Labute approximate surface area is 80.2 Å². The Bertz CT molecular complexity index is 343. The van der Waals surface area contributed by atoms with Crippen LogP contribution < -0.4 is 11.1 Å². The van der Waals surface area contributed by atoms with E-state index in [1.165, 1.54) is 11.3 Å². The van der Waals surface area contributed by atoms with Crippen LogP contribution in [0.4, 0.5) is 5.13 Å². The van der Waals surface area contributed by atoms with Crippen molar-refractivity contribution < 1.29 is 4.79 Å². The third-order valence-electron chi connectivity index (χ3n) is 2.17. The van der Waals surface area contributed by atoms with E-state index in [9.17, 15) is 4.79 Å². The van der Waals surface area contributed by atoms with E-state index in [4.69, 9.17) is 5.73 Å². The maximum atomic E-state index is 11.5. The van der Waals surface area contributed by atoms with Gasteiger partial charge in [-0.25, -0.2) is 4.98 Å². The fourth-order valence-corrected chi connectivity index (χ4v) is 1.59. The monoisotopic (exact) mass is 197 g/mol. The van der Waals surface area contributed by atoms with Crippen LogP contribution in [0.1, 0.15) is 30.3 Å². The molecule has 0 bridgehead atoms. The molecular weight excluding hydrogens is 186 g/mol. The molecule has 3 N–H and O–H groups in total. The fraction of sp³-hybridized carbons (Fsp3) is 0.500. The first-order chi connectivity index (χ1) is 6.09. The van der Waals surface area contributed by atoms with E-state index in [0.717, 1.165) is 12.8 Å². The second kappa shape index (κ2) is 2.70. The lowest BCUT2D eigenvalue weighted by molar-refractivity contribution is 0.0931. The van der Waals surface area contributed by atoms with Crippen LogP contribution in [-0.2, 0) is 0 Å². The van der Waals surface area contributed by atoms with Gasteiger partial charge in [0.25, 0.3) is 5.91 Å². The summed E-state index contributed by atoms with van der Waals surface area (Å²) in [6.45, 7) is 2.03. The lowest BCUT2D eigenvalue weighted by Crippen LogP contribution is -2.34. The molecule has 0 radical (unpaired) electrons. The lowest BCUT2D eigenvalue weighted by atomic mass is 10.3. The van der Waals surface area contributed by atoms with Gasteiger partial charge in [0.15, 0.2) is 5.13 Å². The molecule has 0 aliphatic heterocycles. The summed E-state index contributed by atoms with van der Waals surface area (Å²) in [5.74, 6) is -0.118. The molecule has 0 saturated heterocycles. The van der Waals surface area contributed by atoms with E-state index in [2.05, 4.69) is 10.3 Å². The SMILES string of the molecule is CC1(NC(=O)c2csc(N)n2)CC1. The Hall–Kier alpha value is -1.10. The van der Waals surface area contributed by atoms with Gasteiger partial charge in [0, 0.05) is 10.9 Å². The summed E-state index contributed by atoms with van der Waals surface area (Å²) in [6.07, 6.45) is 2.11. The summed E-state index contributed by atoms with van der Waals surface area (Å²) in [6, 6.07) is 0. The van der Waals surface area contributed by atoms with Gasteiger partial charge in [0.2, 0.25) is 0 Å². The highest BCUT2D eigenvalue weighted by Crippen LogP contribution is 2.34. The van der Waals surface area contributed by atoms with E-state index >= 15 is 0 Å². The van der Waals surface area contributed by atoms with Crippen molar-refractivity contribution in [3.63, 3.8) is 0 Å². The van der Waals surface area contributed by atoms with Crippen LogP contribution in [0.2, 0.25) is 0 Å². The molecule has 1 aromatic rings. The lowest BCUT2D eigenvalue weighted by Gasteiger charge is -2.08. The van der Waals surface area contributed by atoms with E-state index in [1.807, 2.05) is 6.92 Å². The Morgan fingerprint density at radius 2 is 2.46 bits per heavy atom. The molecule has 0 unspecified atom stereocenters. The van der Waals surface area contributed by atoms with Gasteiger partial charge in [-0.2, -0.15) is 0 Å². The van der Waals surface area contributed by atoms with Crippen LogP contribution in [0.15, 0.2) is 5.38 Å². The standard InChI is InChI=1S/C8H11N3OS/c1-8(2-3-8)11-6(12)5-4-13-7(9)10-5/h4H,2-3H2,1H3,(H2,9,10)(H,11,12). The van der Waals surface area contributed by atoms with Crippen LogP contribution in [0.3, 0.4) is 0 Å². The van der Waals surface area contributed by atoms with Crippen LogP contribution in [0.5, 0.6) is 0 Å². The van der Waals surface area contributed by atoms with E-state index in [0.29, 0.717) is 10.8 Å². The Kier molecular flexibility index (Phi) is 1.76. The number of rotatable bonds is 2. The molecule has 1 aliphatic carbocycles.